The molecule has 0 aliphatic carbocycles. The van der Waals surface area contributed by atoms with Crippen molar-refractivity contribution in [1.29, 1.82) is 0 Å². The number of hydrogen-bond acceptors (Lipinski definition) is 6. The molecule has 27 heavy (non-hydrogen) atoms. The van der Waals surface area contributed by atoms with E-state index in [1.165, 1.54) is 35.7 Å². The molecule has 0 saturated carbocycles. The number of ether oxygens (including phenoxy) is 1. The Morgan fingerprint density at radius 1 is 1.22 bits per heavy atom. The number of carbonyl (C=O) groups is 1. The van der Waals surface area contributed by atoms with Crippen molar-refractivity contribution in [3.63, 3.8) is 0 Å². The largest absolute Gasteiger partial charge is 0.432 e. The zero-order chi connectivity index (χ0) is 18.8. The highest BCUT2D eigenvalue weighted by Gasteiger charge is 2.17. The maximum absolute atomic E-state index is 12.6. The zero-order valence-corrected chi connectivity index (χ0v) is 14.4. The lowest BCUT2D eigenvalue weighted by molar-refractivity contribution is -0.0489. The van der Waals surface area contributed by atoms with Gasteiger partial charge in [-0.3, -0.25) is 9.78 Å². The van der Waals surface area contributed by atoms with E-state index in [0.717, 1.165) is 4.88 Å². The summed E-state index contributed by atoms with van der Waals surface area (Å²) in [4.78, 5) is 17.4. The van der Waals surface area contributed by atoms with E-state index in [1.807, 2.05) is 17.5 Å². The van der Waals surface area contributed by atoms with Crippen molar-refractivity contribution in [3.05, 3.63) is 59.7 Å². The lowest BCUT2D eigenvalue weighted by Gasteiger charge is -2.11. The number of nitrogens with zero attached hydrogens (tertiary/aromatic N) is 2. The number of alkyl halides is 2. The summed E-state index contributed by atoms with van der Waals surface area (Å²) in [6.07, 6.45) is 1.46. The summed E-state index contributed by atoms with van der Waals surface area (Å²) in [5.41, 5.74) is 0.712. The minimum Gasteiger partial charge on any atom is -0.432 e. The van der Waals surface area contributed by atoms with E-state index in [9.17, 15) is 13.6 Å². The number of rotatable bonds is 5. The van der Waals surface area contributed by atoms with Crippen LogP contribution < -0.4 is 10.1 Å². The Balaban J connectivity index is 1.63. The fraction of sp³-hybridized carbons (Fsp3) is 0.0556. The van der Waals surface area contributed by atoms with Crippen LogP contribution in [0.5, 0.6) is 5.75 Å². The molecule has 4 aromatic rings. The first-order chi connectivity index (χ1) is 13.1. The highest BCUT2D eigenvalue weighted by Crippen LogP contribution is 2.31. The molecule has 6 nitrogen and oxygen atoms in total. The van der Waals surface area contributed by atoms with E-state index in [4.69, 9.17) is 4.52 Å². The lowest BCUT2D eigenvalue weighted by Crippen LogP contribution is -2.13. The molecule has 0 unspecified atom stereocenters. The maximum atomic E-state index is 12.6. The van der Waals surface area contributed by atoms with Gasteiger partial charge in [0.2, 0.25) is 0 Å². The second kappa shape index (κ2) is 7.12. The molecule has 4 rings (SSSR count). The highest BCUT2D eigenvalue weighted by atomic mass is 32.1. The van der Waals surface area contributed by atoms with E-state index in [0.29, 0.717) is 16.8 Å². The molecule has 0 bridgehead atoms. The van der Waals surface area contributed by atoms with Crippen molar-refractivity contribution in [2.24, 2.45) is 0 Å². The highest BCUT2D eigenvalue weighted by molar-refractivity contribution is 7.13. The van der Waals surface area contributed by atoms with Crippen molar-refractivity contribution in [2.75, 3.05) is 5.32 Å². The fourth-order valence-corrected chi connectivity index (χ4v) is 3.22. The number of aromatic nitrogens is 2. The predicted octanol–water partition coefficient (Wildman–Crippen LogP) is 4.81. The Morgan fingerprint density at radius 2 is 2.11 bits per heavy atom. The second-order valence-electron chi connectivity index (χ2n) is 5.40. The third-order valence-electron chi connectivity index (χ3n) is 3.70. The molecule has 3 heterocycles. The number of amides is 1. The number of anilines is 1. The first-order valence-electron chi connectivity index (χ1n) is 7.76. The van der Waals surface area contributed by atoms with Crippen LogP contribution in [-0.2, 0) is 0 Å². The topological polar surface area (TPSA) is 77.2 Å². The van der Waals surface area contributed by atoms with Crippen molar-refractivity contribution < 1.29 is 22.8 Å². The van der Waals surface area contributed by atoms with Crippen molar-refractivity contribution in [2.45, 2.75) is 6.61 Å². The number of carbonyl (C=O) groups excluding carboxylic acids is 1. The number of fused-ring (bicyclic) bond motifs is 1. The van der Waals surface area contributed by atoms with Crippen LogP contribution in [0.4, 0.5) is 14.5 Å². The summed E-state index contributed by atoms with van der Waals surface area (Å²) >= 11 is 1.46. The van der Waals surface area contributed by atoms with Crippen molar-refractivity contribution in [3.8, 4) is 16.4 Å². The zero-order valence-electron chi connectivity index (χ0n) is 13.6. The molecular formula is C18H11F2N3O3S. The summed E-state index contributed by atoms with van der Waals surface area (Å²) < 4.78 is 34.8. The fourth-order valence-electron chi connectivity index (χ4n) is 2.55. The van der Waals surface area contributed by atoms with Gasteiger partial charge in [0, 0.05) is 17.6 Å². The quantitative estimate of drug-likeness (QED) is 0.532. The minimum atomic E-state index is -2.97. The Morgan fingerprint density at radius 3 is 2.89 bits per heavy atom. The molecule has 0 atom stereocenters. The van der Waals surface area contributed by atoms with Crippen molar-refractivity contribution in [1.82, 2.24) is 10.1 Å². The first-order valence-corrected chi connectivity index (χ1v) is 8.64. The van der Waals surface area contributed by atoms with Gasteiger partial charge in [0.25, 0.3) is 5.91 Å². The molecule has 0 aliphatic rings. The second-order valence-corrected chi connectivity index (χ2v) is 6.34. The van der Waals surface area contributed by atoms with Crippen LogP contribution in [0.25, 0.3) is 21.5 Å². The van der Waals surface area contributed by atoms with Crippen LogP contribution >= 0.6 is 11.3 Å². The molecule has 0 fully saturated rings. The Labute approximate surface area is 155 Å². The molecule has 0 radical (unpaired) electrons. The predicted molar refractivity (Wildman–Crippen MR) is 96.1 cm³/mol. The van der Waals surface area contributed by atoms with Gasteiger partial charge in [0.05, 0.1) is 10.6 Å². The summed E-state index contributed by atoms with van der Waals surface area (Å²) in [7, 11) is 0. The van der Waals surface area contributed by atoms with Crippen LogP contribution in [0.1, 0.15) is 10.5 Å². The summed E-state index contributed by atoms with van der Waals surface area (Å²) in [5, 5.41) is 8.84. The number of nitrogens with one attached hydrogen (secondary N) is 1. The van der Waals surface area contributed by atoms with Gasteiger partial charge in [-0.25, -0.2) is 0 Å². The Hall–Kier alpha value is -3.33. The van der Waals surface area contributed by atoms with Crippen LogP contribution in [-0.4, -0.2) is 22.7 Å². The molecule has 3 aromatic heterocycles. The van der Waals surface area contributed by atoms with E-state index < -0.39 is 12.5 Å². The molecular weight excluding hydrogens is 376 g/mol. The summed E-state index contributed by atoms with van der Waals surface area (Å²) in [6, 6.07) is 11.3. The SMILES string of the molecule is O=C(Nc1ccc(OC(F)F)c2ncccc12)c1cc(-c2cccs2)on1. The normalized spacial score (nSPS) is 11.1. The maximum Gasteiger partial charge on any atom is 0.387 e. The van der Waals surface area contributed by atoms with Gasteiger partial charge in [0.15, 0.2) is 17.2 Å². The monoisotopic (exact) mass is 387 g/mol. The van der Waals surface area contributed by atoms with Crippen LogP contribution in [0.2, 0.25) is 0 Å². The van der Waals surface area contributed by atoms with Gasteiger partial charge in [-0.05, 0) is 35.7 Å². The van der Waals surface area contributed by atoms with E-state index >= 15 is 0 Å². The molecule has 0 aliphatic heterocycles. The molecule has 1 aromatic carbocycles. The van der Waals surface area contributed by atoms with Gasteiger partial charge >= 0.3 is 6.61 Å². The summed E-state index contributed by atoms with van der Waals surface area (Å²) in [6.45, 7) is -2.97. The smallest absolute Gasteiger partial charge is 0.387 e. The molecule has 0 saturated heterocycles. The average Bonchev–Trinajstić information content (AvgIpc) is 3.35. The number of hydrogen-bond donors (Lipinski definition) is 1. The van der Waals surface area contributed by atoms with Crippen LogP contribution in [0.3, 0.4) is 0 Å². The van der Waals surface area contributed by atoms with Crippen LogP contribution in [0, 0.1) is 0 Å². The molecule has 9 heteroatoms. The lowest BCUT2D eigenvalue weighted by atomic mass is 10.1. The number of pyridine rings is 1. The third kappa shape index (κ3) is 3.49. The Bertz CT molecular complexity index is 1100. The van der Waals surface area contributed by atoms with Gasteiger partial charge in [-0.15, -0.1) is 11.3 Å². The number of benzene rings is 1. The molecule has 0 spiro atoms. The molecule has 1 amide bonds. The minimum absolute atomic E-state index is 0.0694. The first kappa shape index (κ1) is 17.1. The van der Waals surface area contributed by atoms with E-state index in [1.54, 1.807) is 12.1 Å². The third-order valence-corrected chi connectivity index (χ3v) is 4.59. The standard InChI is InChI=1S/C18H11F2N3O3S/c19-18(20)25-13-6-5-11(10-3-1-7-21-16(10)13)22-17(24)12-9-14(26-23-12)15-4-2-8-27-15/h1-9,18H,(H,22,24). The Kier molecular flexibility index (Phi) is 4.51. The van der Waals surface area contributed by atoms with Gasteiger partial charge in [0.1, 0.15) is 5.52 Å². The number of halogens is 2. The summed E-state index contributed by atoms with van der Waals surface area (Å²) in [5.74, 6) is -0.0726. The molecule has 1 N–H and O–H groups in total. The van der Waals surface area contributed by atoms with Gasteiger partial charge in [-0.2, -0.15) is 8.78 Å². The number of thiophene rings is 1. The van der Waals surface area contributed by atoms with Crippen LogP contribution in [0.15, 0.2) is 58.6 Å². The average molecular weight is 387 g/mol. The van der Waals surface area contributed by atoms with Crippen molar-refractivity contribution >= 4 is 33.8 Å². The molecule has 136 valence electrons. The van der Waals surface area contributed by atoms with E-state index in [-0.39, 0.29) is 17.0 Å². The van der Waals surface area contributed by atoms with E-state index in [2.05, 4.69) is 20.2 Å². The van der Waals surface area contributed by atoms with Gasteiger partial charge < -0.3 is 14.6 Å². The van der Waals surface area contributed by atoms with Gasteiger partial charge in [-0.1, -0.05) is 11.2 Å².